The molecule has 180 valence electrons. The van der Waals surface area contributed by atoms with E-state index in [9.17, 15) is 0 Å². The van der Waals surface area contributed by atoms with Crippen LogP contribution in [-0.4, -0.2) is 0 Å². The molecule has 0 heteroatoms. The molecule has 0 nitrogen and oxygen atoms in total. The predicted octanol–water partition coefficient (Wildman–Crippen LogP) is 8.96. The van der Waals surface area contributed by atoms with Gasteiger partial charge in [0.25, 0.3) is 0 Å². The molecular formula is C38H28. The molecule has 0 aromatic heterocycles. The quantitative estimate of drug-likeness (QED) is 0.206. The van der Waals surface area contributed by atoms with E-state index in [4.69, 9.17) is 0 Å². The summed E-state index contributed by atoms with van der Waals surface area (Å²) in [5.74, 6) is 0. The summed E-state index contributed by atoms with van der Waals surface area (Å²) in [6.07, 6.45) is 14.4. The number of rotatable bonds is 0. The molecule has 2 spiro atoms. The Labute approximate surface area is 224 Å². The fourth-order valence-electron chi connectivity index (χ4n) is 8.76. The molecule has 0 bridgehead atoms. The van der Waals surface area contributed by atoms with Gasteiger partial charge in [0.1, 0.15) is 0 Å². The molecule has 0 radical (unpaired) electrons. The van der Waals surface area contributed by atoms with Gasteiger partial charge in [-0.25, -0.2) is 0 Å². The predicted molar refractivity (Wildman–Crippen MR) is 155 cm³/mol. The summed E-state index contributed by atoms with van der Waals surface area (Å²) >= 11 is 0. The Kier molecular flexibility index (Phi) is 3.97. The van der Waals surface area contributed by atoms with Crippen LogP contribution in [0.2, 0.25) is 0 Å². The van der Waals surface area contributed by atoms with Crippen molar-refractivity contribution in [2.24, 2.45) is 0 Å². The van der Waals surface area contributed by atoms with Gasteiger partial charge in [-0.05, 0) is 92.5 Å². The molecule has 0 heterocycles. The fourth-order valence-corrected chi connectivity index (χ4v) is 8.76. The molecule has 0 saturated heterocycles. The summed E-state index contributed by atoms with van der Waals surface area (Å²) < 4.78 is 0. The van der Waals surface area contributed by atoms with Crippen LogP contribution >= 0.6 is 0 Å². The van der Waals surface area contributed by atoms with Gasteiger partial charge >= 0.3 is 0 Å². The highest BCUT2D eigenvalue weighted by Gasteiger charge is 2.59. The molecule has 0 fully saturated rings. The first-order valence-corrected chi connectivity index (χ1v) is 14.1. The van der Waals surface area contributed by atoms with Crippen LogP contribution in [0.25, 0.3) is 11.1 Å². The van der Waals surface area contributed by atoms with Gasteiger partial charge in [0.15, 0.2) is 0 Å². The Hall–Kier alpha value is -4.16. The molecule has 38 heavy (non-hydrogen) atoms. The molecule has 4 aromatic carbocycles. The van der Waals surface area contributed by atoms with Gasteiger partial charge in [0.05, 0.1) is 10.8 Å². The second-order valence-electron chi connectivity index (χ2n) is 11.3. The summed E-state index contributed by atoms with van der Waals surface area (Å²) in [4.78, 5) is 0. The standard InChI is InChI=1S/C38H28/c1-5-17-29-25(13-1)26-14-2-6-18-30(26)37(29)33-21-9-11-23-35(33)38(36-24-12-10-22-34(36)37)31-19-7-3-15-27(31)28-16-4-8-20-32(28)38/h1-2,5-14,17-24H,3-4,15-16H2. The molecule has 5 aliphatic rings. The largest absolute Gasteiger partial charge is 0.0839 e. The molecular weight excluding hydrogens is 456 g/mol. The third-order valence-corrected chi connectivity index (χ3v) is 9.94. The smallest absolute Gasteiger partial charge is 0.0720 e. The Morgan fingerprint density at radius 3 is 1.21 bits per heavy atom. The maximum atomic E-state index is 2.48. The zero-order valence-electron chi connectivity index (χ0n) is 21.4. The van der Waals surface area contributed by atoms with Crippen molar-refractivity contribution < 1.29 is 0 Å². The fraction of sp³-hybridized carbons (Fsp3) is 0.158. The van der Waals surface area contributed by atoms with Crippen molar-refractivity contribution in [3.63, 3.8) is 0 Å². The number of benzene rings is 4. The van der Waals surface area contributed by atoms with Crippen molar-refractivity contribution >= 4 is 0 Å². The number of hydrogen-bond donors (Lipinski definition) is 0. The van der Waals surface area contributed by atoms with E-state index in [1.165, 1.54) is 55.7 Å². The molecule has 5 aliphatic carbocycles. The van der Waals surface area contributed by atoms with E-state index in [-0.39, 0.29) is 10.8 Å². The zero-order chi connectivity index (χ0) is 24.9. The Balaban J connectivity index is 1.51. The lowest BCUT2D eigenvalue weighted by Gasteiger charge is -2.50. The molecule has 0 saturated carbocycles. The lowest BCUT2D eigenvalue weighted by molar-refractivity contribution is 0.623. The van der Waals surface area contributed by atoms with E-state index in [2.05, 4.69) is 121 Å². The minimum Gasteiger partial charge on any atom is -0.0839 e. The summed E-state index contributed by atoms with van der Waals surface area (Å²) in [6.45, 7) is 0. The third kappa shape index (κ3) is 2.18. The third-order valence-electron chi connectivity index (χ3n) is 9.94. The van der Waals surface area contributed by atoms with Crippen LogP contribution in [0.15, 0.2) is 144 Å². The zero-order valence-corrected chi connectivity index (χ0v) is 21.4. The normalized spacial score (nSPS) is 20.2. The van der Waals surface area contributed by atoms with Gasteiger partial charge in [0, 0.05) is 0 Å². The Morgan fingerprint density at radius 2 is 0.763 bits per heavy atom. The maximum Gasteiger partial charge on any atom is 0.0720 e. The monoisotopic (exact) mass is 484 g/mol. The van der Waals surface area contributed by atoms with Crippen LogP contribution in [-0.2, 0) is 10.8 Å². The lowest BCUT2D eigenvalue weighted by Crippen LogP contribution is -2.44. The van der Waals surface area contributed by atoms with Gasteiger partial charge in [-0.15, -0.1) is 0 Å². The molecule has 0 atom stereocenters. The maximum absolute atomic E-state index is 2.48. The van der Waals surface area contributed by atoms with Gasteiger partial charge in [-0.1, -0.05) is 121 Å². The second-order valence-corrected chi connectivity index (χ2v) is 11.3. The molecule has 0 aliphatic heterocycles. The highest BCUT2D eigenvalue weighted by molar-refractivity contribution is 5.90. The van der Waals surface area contributed by atoms with Crippen molar-refractivity contribution in [3.8, 4) is 11.1 Å². The molecule has 0 amide bonds. The van der Waals surface area contributed by atoms with Gasteiger partial charge < -0.3 is 0 Å². The Morgan fingerprint density at radius 1 is 0.395 bits per heavy atom. The lowest BCUT2D eigenvalue weighted by atomic mass is 9.51. The minimum absolute atomic E-state index is 0.260. The van der Waals surface area contributed by atoms with Crippen LogP contribution < -0.4 is 0 Å². The van der Waals surface area contributed by atoms with Gasteiger partial charge in [-0.3, -0.25) is 0 Å². The van der Waals surface area contributed by atoms with E-state index in [1.54, 1.807) is 11.1 Å². The van der Waals surface area contributed by atoms with Gasteiger partial charge in [0.2, 0.25) is 0 Å². The van der Waals surface area contributed by atoms with Crippen molar-refractivity contribution in [3.05, 3.63) is 177 Å². The summed E-state index contributed by atoms with van der Waals surface area (Å²) in [7, 11) is 0. The van der Waals surface area contributed by atoms with Crippen molar-refractivity contribution in [1.82, 2.24) is 0 Å². The van der Waals surface area contributed by atoms with E-state index in [0.29, 0.717) is 0 Å². The highest BCUT2D eigenvalue weighted by atomic mass is 14.6. The molecule has 0 N–H and O–H groups in total. The van der Waals surface area contributed by atoms with Crippen molar-refractivity contribution in [2.45, 2.75) is 36.5 Å². The van der Waals surface area contributed by atoms with Crippen LogP contribution in [0, 0.1) is 0 Å². The Bertz CT molecular complexity index is 1680. The minimum atomic E-state index is -0.327. The SMILES string of the molecule is C1=CC2=C(CC1)C1=C(C=CCC1)C21c2ccccc2C2(c3ccccc3-c3ccccc32)c2ccccc21. The average Bonchev–Trinajstić information content (AvgIpc) is 3.46. The van der Waals surface area contributed by atoms with E-state index < -0.39 is 0 Å². The molecule has 0 unspecified atom stereocenters. The summed E-state index contributed by atoms with van der Waals surface area (Å²) in [5, 5.41) is 0. The first-order valence-electron chi connectivity index (χ1n) is 14.1. The van der Waals surface area contributed by atoms with Crippen molar-refractivity contribution in [1.29, 1.82) is 0 Å². The van der Waals surface area contributed by atoms with Crippen LogP contribution in [0.3, 0.4) is 0 Å². The number of hydrogen-bond acceptors (Lipinski definition) is 0. The molecule has 4 aromatic rings. The second kappa shape index (κ2) is 7.23. The van der Waals surface area contributed by atoms with E-state index in [0.717, 1.165) is 25.7 Å². The number of allylic oxidation sites excluding steroid dienone is 8. The topological polar surface area (TPSA) is 0 Å². The number of fused-ring (bicyclic) bond motifs is 14. The highest BCUT2D eigenvalue weighted by Crippen LogP contribution is 2.67. The first kappa shape index (κ1) is 20.8. The summed E-state index contributed by atoms with van der Waals surface area (Å²) in [5.41, 5.74) is 17.0. The van der Waals surface area contributed by atoms with Crippen LogP contribution in [0.5, 0.6) is 0 Å². The van der Waals surface area contributed by atoms with Crippen molar-refractivity contribution in [2.75, 3.05) is 0 Å². The average molecular weight is 485 g/mol. The van der Waals surface area contributed by atoms with E-state index in [1.807, 2.05) is 0 Å². The summed E-state index contributed by atoms with van der Waals surface area (Å²) in [6, 6.07) is 37.1. The van der Waals surface area contributed by atoms with Crippen LogP contribution in [0.1, 0.15) is 59.1 Å². The van der Waals surface area contributed by atoms with Gasteiger partial charge in [-0.2, -0.15) is 0 Å². The first-order chi connectivity index (χ1) is 18.9. The van der Waals surface area contributed by atoms with Crippen LogP contribution in [0.4, 0.5) is 0 Å². The van der Waals surface area contributed by atoms with E-state index >= 15 is 0 Å². The molecule has 9 rings (SSSR count).